The standard InChI is InChI=1S/C14H25BN2O2/c1-10(2)9-17-11(3)12(8-16-17)15-18-13(4,5)14(6,7)19-15/h8,10H,9H2,1-7H3. The fourth-order valence-corrected chi connectivity index (χ4v) is 2.19. The molecule has 4 nitrogen and oxygen atoms in total. The summed E-state index contributed by atoms with van der Waals surface area (Å²) in [7, 11) is -0.314. The first-order valence-electron chi connectivity index (χ1n) is 7.02. The van der Waals surface area contributed by atoms with Gasteiger partial charge in [0.05, 0.1) is 11.2 Å². The molecule has 1 saturated heterocycles. The van der Waals surface area contributed by atoms with Gasteiger partial charge in [0.1, 0.15) is 0 Å². The highest BCUT2D eigenvalue weighted by Gasteiger charge is 2.52. The van der Waals surface area contributed by atoms with Crippen LogP contribution in [0.3, 0.4) is 0 Å². The summed E-state index contributed by atoms with van der Waals surface area (Å²) < 4.78 is 14.2. The Morgan fingerprint density at radius 3 is 2.21 bits per heavy atom. The van der Waals surface area contributed by atoms with Crippen LogP contribution in [0.5, 0.6) is 0 Å². The van der Waals surface area contributed by atoms with Gasteiger partial charge in [0, 0.05) is 23.9 Å². The number of rotatable bonds is 3. The van der Waals surface area contributed by atoms with Crippen LogP contribution < -0.4 is 5.46 Å². The molecule has 0 N–H and O–H groups in total. The van der Waals surface area contributed by atoms with Crippen LogP contribution in [0.4, 0.5) is 0 Å². The van der Waals surface area contributed by atoms with E-state index in [9.17, 15) is 0 Å². The molecule has 0 bridgehead atoms. The lowest BCUT2D eigenvalue weighted by Gasteiger charge is -2.32. The molecule has 0 amide bonds. The molecule has 106 valence electrons. The predicted molar refractivity (Wildman–Crippen MR) is 77.5 cm³/mol. The van der Waals surface area contributed by atoms with Crippen molar-refractivity contribution in [3.8, 4) is 0 Å². The third kappa shape index (κ3) is 2.58. The van der Waals surface area contributed by atoms with E-state index in [2.05, 4.69) is 53.6 Å². The van der Waals surface area contributed by atoms with Crippen molar-refractivity contribution >= 4 is 12.6 Å². The van der Waals surface area contributed by atoms with Crippen LogP contribution in [0.15, 0.2) is 6.20 Å². The lowest BCUT2D eigenvalue weighted by molar-refractivity contribution is 0.00578. The fraction of sp³-hybridized carbons (Fsp3) is 0.786. The molecule has 1 aliphatic rings. The van der Waals surface area contributed by atoms with Gasteiger partial charge in [-0.2, -0.15) is 5.10 Å². The third-order valence-electron chi connectivity index (χ3n) is 4.19. The molecular formula is C14H25BN2O2. The molecule has 19 heavy (non-hydrogen) atoms. The minimum Gasteiger partial charge on any atom is -0.399 e. The molecule has 0 aromatic carbocycles. The van der Waals surface area contributed by atoms with Crippen LogP contribution in [0.1, 0.15) is 47.2 Å². The molecule has 1 fully saturated rings. The third-order valence-corrected chi connectivity index (χ3v) is 4.19. The predicted octanol–water partition coefficient (Wildman–Crippen LogP) is 2.15. The summed E-state index contributed by atoms with van der Waals surface area (Å²) in [5.41, 5.74) is 1.57. The number of hydrogen-bond donors (Lipinski definition) is 0. The molecule has 0 unspecified atom stereocenters. The average Bonchev–Trinajstić information content (AvgIpc) is 2.66. The Labute approximate surface area is 116 Å². The van der Waals surface area contributed by atoms with Crippen molar-refractivity contribution in [2.75, 3.05) is 0 Å². The van der Waals surface area contributed by atoms with Crippen molar-refractivity contribution in [2.24, 2.45) is 5.92 Å². The second-order valence-electron chi connectivity index (χ2n) is 6.85. The van der Waals surface area contributed by atoms with Gasteiger partial charge in [0.2, 0.25) is 0 Å². The summed E-state index contributed by atoms with van der Waals surface area (Å²) in [5.74, 6) is 0.574. The van der Waals surface area contributed by atoms with Crippen LogP contribution >= 0.6 is 0 Å². The van der Waals surface area contributed by atoms with Crippen molar-refractivity contribution in [2.45, 2.75) is 66.2 Å². The maximum atomic E-state index is 6.07. The summed E-state index contributed by atoms with van der Waals surface area (Å²) in [6.45, 7) is 15.7. The Morgan fingerprint density at radius 1 is 1.21 bits per heavy atom. The zero-order chi connectivity index (χ0) is 14.4. The van der Waals surface area contributed by atoms with E-state index in [-0.39, 0.29) is 18.3 Å². The lowest BCUT2D eigenvalue weighted by Crippen LogP contribution is -2.41. The normalized spacial score (nSPS) is 21.4. The number of hydrogen-bond acceptors (Lipinski definition) is 3. The highest BCUT2D eigenvalue weighted by molar-refractivity contribution is 6.62. The molecule has 1 aromatic heterocycles. The maximum Gasteiger partial charge on any atom is 0.498 e. The summed E-state index contributed by atoms with van der Waals surface area (Å²) in [4.78, 5) is 0. The minimum atomic E-state index is -0.314. The summed E-state index contributed by atoms with van der Waals surface area (Å²) in [6, 6.07) is 0. The second kappa shape index (κ2) is 4.63. The van der Waals surface area contributed by atoms with Crippen LogP contribution in [0, 0.1) is 12.8 Å². The smallest absolute Gasteiger partial charge is 0.399 e. The van der Waals surface area contributed by atoms with E-state index in [1.54, 1.807) is 0 Å². The van der Waals surface area contributed by atoms with Crippen molar-refractivity contribution < 1.29 is 9.31 Å². The molecular weight excluding hydrogens is 239 g/mol. The Balaban J connectivity index is 2.23. The molecule has 1 aliphatic heterocycles. The number of nitrogens with zero attached hydrogens (tertiary/aromatic N) is 2. The van der Waals surface area contributed by atoms with E-state index in [4.69, 9.17) is 9.31 Å². The van der Waals surface area contributed by atoms with Gasteiger partial charge in [-0.3, -0.25) is 4.68 Å². The monoisotopic (exact) mass is 264 g/mol. The second-order valence-corrected chi connectivity index (χ2v) is 6.85. The van der Waals surface area contributed by atoms with Crippen LogP contribution in [0.25, 0.3) is 0 Å². The van der Waals surface area contributed by atoms with Gasteiger partial charge in [-0.15, -0.1) is 0 Å². The van der Waals surface area contributed by atoms with Gasteiger partial charge in [0.25, 0.3) is 0 Å². The molecule has 2 heterocycles. The van der Waals surface area contributed by atoms with Crippen molar-refractivity contribution in [1.82, 2.24) is 9.78 Å². The van der Waals surface area contributed by atoms with Crippen molar-refractivity contribution in [3.05, 3.63) is 11.9 Å². The van der Waals surface area contributed by atoms with E-state index >= 15 is 0 Å². The molecule has 0 aliphatic carbocycles. The van der Waals surface area contributed by atoms with Gasteiger partial charge in [-0.25, -0.2) is 0 Å². The summed E-state index contributed by atoms with van der Waals surface area (Å²) in [5, 5.41) is 4.45. The van der Waals surface area contributed by atoms with Crippen LogP contribution in [-0.2, 0) is 15.9 Å². The lowest BCUT2D eigenvalue weighted by atomic mass is 9.79. The van der Waals surface area contributed by atoms with Gasteiger partial charge in [0.15, 0.2) is 0 Å². The first kappa shape index (κ1) is 14.6. The molecule has 0 atom stereocenters. The molecule has 5 heteroatoms. The summed E-state index contributed by atoms with van der Waals surface area (Å²) >= 11 is 0. The van der Waals surface area contributed by atoms with Crippen LogP contribution in [-0.4, -0.2) is 28.1 Å². The zero-order valence-electron chi connectivity index (χ0n) is 13.2. The average molecular weight is 264 g/mol. The molecule has 0 radical (unpaired) electrons. The Bertz CT molecular complexity index is 450. The molecule has 0 spiro atoms. The van der Waals surface area contributed by atoms with Crippen LogP contribution in [0.2, 0.25) is 0 Å². The van der Waals surface area contributed by atoms with Gasteiger partial charge in [-0.1, -0.05) is 13.8 Å². The molecule has 0 saturated carbocycles. The SMILES string of the molecule is Cc1c(B2OC(C)(C)C(C)(C)O2)cnn1CC(C)C. The first-order valence-corrected chi connectivity index (χ1v) is 7.02. The Kier molecular flexibility index (Phi) is 3.56. The Hall–Kier alpha value is -0.805. The van der Waals surface area contributed by atoms with Gasteiger partial charge in [-0.05, 0) is 40.5 Å². The van der Waals surface area contributed by atoms with E-state index in [1.807, 2.05) is 10.9 Å². The fourth-order valence-electron chi connectivity index (χ4n) is 2.19. The zero-order valence-corrected chi connectivity index (χ0v) is 13.2. The van der Waals surface area contributed by atoms with Gasteiger partial charge < -0.3 is 9.31 Å². The largest absolute Gasteiger partial charge is 0.498 e. The Morgan fingerprint density at radius 2 is 1.74 bits per heavy atom. The summed E-state index contributed by atoms with van der Waals surface area (Å²) in [6.07, 6.45) is 1.87. The van der Waals surface area contributed by atoms with Crippen molar-refractivity contribution in [3.63, 3.8) is 0 Å². The van der Waals surface area contributed by atoms with E-state index in [1.165, 1.54) is 0 Å². The minimum absolute atomic E-state index is 0.301. The molecule has 2 rings (SSSR count). The van der Waals surface area contributed by atoms with E-state index in [0.717, 1.165) is 17.7 Å². The van der Waals surface area contributed by atoms with Crippen molar-refractivity contribution in [1.29, 1.82) is 0 Å². The number of aromatic nitrogens is 2. The molecule has 1 aromatic rings. The highest BCUT2D eigenvalue weighted by atomic mass is 16.7. The topological polar surface area (TPSA) is 36.3 Å². The highest BCUT2D eigenvalue weighted by Crippen LogP contribution is 2.36. The quantitative estimate of drug-likeness (QED) is 0.785. The van der Waals surface area contributed by atoms with E-state index in [0.29, 0.717) is 5.92 Å². The van der Waals surface area contributed by atoms with Gasteiger partial charge >= 0.3 is 7.12 Å². The maximum absolute atomic E-state index is 6.07. The van der Waals surface area contributed by atoms with E-state index < -0.39 is 0 Å². The first-order chi connectivity index (χ1) is 8.64.